The Morgan fingerprint density at radius 3 is 2.79 bits per heavy atom. The van der Waals surface area contributed by atoms with E-state index in [0.29, 0.717) is 18.2 Å². The molecule has 78 valence electrons. The van der Waals surface area contributed by atoms with Crippen LogP contribution in [0.4, 0.5) is 4.39 Å². The van der Waals surface area contributed by atoms with Crippen LogP contribution in [0.25, 0.3) is 0 Å². The topological polar surface area (TPSA) is 12.0 Å². The Labute approximate surface area is 92.8 Å². The SMILES string of the molecule is CCC(C)NCc1c(F)cccc1Br. The molecular formula is C11H15BrFN. The smallest absolute Gasteiger partial charge is 0.128 e. The Balaban J connectivity index is 2.66. The minimum absolute atomic E-state index is 0.157. The molecule has 1 unspecified atom stereocenters. The van der Waals surface area contributed by atoms with Gasteiger partial charge in [0.25, 0.3) is 0 Å². The summed E-state index contributed by atoms with van der Waals surface area (Å²) in [5.74, 6) is -0.157. The van der Waals surface area contributed by atoms with Crippen molar-refractivity contribution in [3.63, 3.8) is 0 Å². The van der Waals surface area contributed by atoms with Crippen LogP contribution < -0.4 is 5.32 Å². The van der Waals surface area contributed by atoms with Gasteiger partial charge in [0.15, 0.2) is 0 Å². The molecule has 0 saturated heterocycles. The van der Waals surface area contributed by atoms with Crippen molar-refractivity contribution in [3.05, 3.63) is 34.1 Å². The molecule has 0 saturated carbocycles. The molecule has 1 aromatic carbocycles. The van der Waals surface area contributed by atoms with Crippen LogP contribution in [-0.4, -0.2) is 6.04 Å². The number of halogens is 2. The first-order valence-electron chi connectivity index (χ1n) is 4.81. The summed E-state index contributed by atoms with van der Waals surface area (Å²) < 4.78 is 14.2. The number of rotatable bonds is 4. The van der Waals surface area contributed by atoms with Gasteiger partial charge in [-0.3, -0.25) is 0 Å². The van der Waals surface area contributed by atoms with Gasteiger partial charge in [-0.25, -0.2) is 4.39 Å². The first kappa shape index (κ1) is 11.7. The Morgan fingerprint density at radius 2 is 2.21 bits per heavy atom. The van der Waals surface area contributed by atoms with E-state index in [0.717, 1.165) is 10.9 Å². The molecule has 1 N–H and O–H groups in total. The van der Waals surface area contributed by atoms with Crippen molar-refractivity contribution in [2.75, 3.05) is 0 Å². The van der Waals surface area contributed by atoms with E-state index in [1.807, 2.05) is 6.07 Å². The van der Waals surface area contributed by atoms with Gasteiger partial charge in [0.1, 0.15) is 5.82 Å². The van der Waals surface area contributed by atoms with Gasteiger partial charge in [-0.2, -0.15) is 0 Å². The normalized spacial score (nSPS) is 12.9. The van der Waals surface area contributed by atoms with E-state index in [1.54, 1.807) is 6.07 Å². The van der Waals surface area contributed by atoms with Gasteiger partial charge in [-0.1, -0.05) is 28.9 Å². The third kappa shape index (κ3) is 3.07. The molecule has 3 heteroatoms. The van der Waals surface area contributed by atoms with Crippen LogP contribution >= 0.6 is 15.9 Å². The zero-order valence-electron chi connectivity index (χ0n) is 8.48. The molecule has 0 spiro atoms. The minimum atomic E-state index is -0.157. The van der Waals surface area contributed by atoms with E-state index in [9.17, 15) is 4.39 Å². The lowest BCUT2D eigenvalue weighted by Gasteiger charge is -2.12. The van der Waals surface area contributed by atoms with Crippen molar-refractivity contribution in [3.8, 4) is 0 Å². The fraction of sp³-hybridized carbons (Fsp3) is 0.455. The van der Waals surface area contributed by atoms with Crippen LogP contribution in [0.1, 0.15) is 25.8 Å². The molecule has 0 aliphatic rings. The number of hydrogen-bond donors (Lipinski definition) is 1. The lowest BCUT2D eigenvalue weighted by molar-refractivity contribution is 0.516. The summed E-state index contributed by atoms with van der Waals surface area (Å²) in [6, 6.07) is 5.46. The summed E-state index contributed by atoms with van der Waals surface area (Å²) in [5.41, 5.74) is 0.702. The summed E-state index contributed by atoms with van der Waals surface area (Å²) in [6.45, 7) is 4.77. The summed E-state index contributed by atoms with van der Waals surface area (Å²) in [6.07, 6.45) is 1.05. The number of nitrogens with one attached hydrogen (secondary N) is 1. The highest BCUT2D eigenvalue weighted by atomic mass is 79.9. The first-order valence-corrected chi connectivity index (χ1v) is 5.60. The van der Waals surface area contributed by atoms with Crippen LogP contribution in [0, 0.1) is 5.82 Å². The zero-order valence-corrected chi connectivity index (χ0v) is 10.1. The molecule has 0 aliphatic heterocycles. The van der Waals surface area contributed by atoms with Gasteiger partial charge >= 0.3 is 0 Å². The van der Waals surface area contributed by atoms with Gasteiger partial charge in [0.05, 0.1) is 0 Å². The van der Waals surface area contributed by atoms with Crippen molar-refractivity contribution in [1.82, 2.24) is 5.32 Å². The quantitative estimate of drug-likeness (QED) is 0.873. The van der Waals surface area contributed by atoms with E-state index < -0.39 is 0 Å². The zero-order chi connectivity index (χ0) is 10.6. The average molecular weight is 260 g/mol. The van der Waals surface area contributed by atoms with Crippen LogP contribution in [0.5, 0.6) is 0 Å². The summed E-state index contributed by atoms with van der Waals surface area (Å²) in [5, 5.41) is 3.26. The molecule has 14 heavy (non-hydrogen) atoms. The molecule has 0 radical (unpaired) electrons. The molecular weight excluding hydrogens is 245 g/mol. The Kier molecular flexibility index (Phi) is 4.55. The first-order chi connectivity index (χ1) is 6.65. The standard InChI is InChI=1S/C11H15BrFN/c1-3-8(2)14-7-9-10(12)5-4-6-11(9)13/h4-6,8,14H,3,7H2,1-2H3. The molecule has 0 aromatic heterocycles. The molecule has 1 aromatic rings. The Bertz CT molecular complexity index is 281. The summed E-state index contributed by atoms with van der Waals surface area (Å²) in [4.78, 5) is 0. The van der Waals surface area contributed by atoms with Gasteiger partial charge in [0.2, 0.25) is 0 Å². The van der Waals surface area contributed by atoms with Gasteiger partial charge in [0, 0.05) is 22.6 Å². The molecule has 0 fully saturated rings. The summed E-state index contributed by atoms with van der Waals surface area (Å²) in [7, 11) is 0. The maximum atomic E-state index is 13.3. The van der Waals surface area contributed by atoms with Crippen molar-refractivity contribution in [2.45, 2.75) is 32.9 Å². The monoisotopic (exact) mass is 259 g/mol. The third-order valence-electron chi connectivity index (χ3n) is 2.30. The largest absolute Gasteiger partial charge is 0.310 e. The van der Waals surface area contributed by atoms with E-state index in [4.69, 9.17) is 0 Å². The second-order valence-corrected chi connectivity index (χ2v) is 4.24. The Morgan fingerprint density at radius 1 is 1.50 bits per heavy atom. The molecule has 1 atom stereocenters. The van der Waals surface area contributed by atoms with Crippen molar-refractivity contribution in [1.29, 1.82) is 0 Å². The summed E-state index contributed by atoms with van der Waals surface area (Å²) >= 11 is 3.34. The van der Waals surface area contributed by atoms with E-state index in [1.165, 1.54) is 6.07 Å². The molecule has 1 nitrogen and oxygen atoms in total. The van der Waals surface area contributed by atoms with Gasteiger partial charge in [-0.05, 0) is 25.5 Å². The molecule has 1 rings (SSSR count). The van der Waals surface area contributed by atoms with Crippen LogP contribution in [-0.2, 0) is 6.54 Å². The van der Waals surface area contributed by atoms with Crippen molar-refractivity contribution < 1.29 is 4.39 Å². The second kappa shape index (κ2) is 5.47. The number of benzene rings is 1. The Hall–Kier alpha value is -0.410. The highest BCUT2D eigenvalue weighted by Gasteiger charge is 2.06. The van der Waals surface area contributed by atoms with Gasteiger partial charge < -0.3 is 5.32 Å². The average Bonchev–Trinajstić information content (AvgIpc) is 2.16. The molecule has 0 amide bonds. The highest BCUT2D eigenvalue weighted by molar-refractivity contribution is 9.10. The maximum Gasteiger partial charge on any atom is 0.128 e. The predicted octanol–water partition coefficient (Wildman–Crippen LogP) is 3.48. The van der Waals surface area contributed by atoms with Crippen molar-refractivity contribution >= 4 is 15.9 Å². The van der Waals surface area contributed by atoms with Crippen LogP contribution in [0.2, 0.25) is 0 Å². The van der Waals surface area contributed by atoms with E-state index in [2.05, 4.69) is 35.1 Å². The third-order valence-corrected chi connectivity index (χ3v) is 3.04. The maximum absolute atomic E-state index is 13.3. The minimum Gasteiger partial charge on any atom is -0.310 e. The van der Waals surface area contributed by atoms with Gasteiger partial charge in [-0.15, -0.1) is 0 Å². The second-order valence-electron chi connectivity index (χ2n) is 3.39. The fourth-order valence-electron chi connectivity index (χ4n) is 1.12. The molecule has 0 heterocycles. The van der Waals surface area contributed by atoms with E-state index in [-0.39, 0.29) is 5.82 Å². The van der Waals surface area contributed by atoms with Crippen LogP contribution in [0.15, 0.2) is 22.7 Å². The lowest BCUT2D eigenvalue weighted by atomic mass is 10.2. The van der Waals surface area contributed by atoms with E-state index >= 15 is 0 Å². The molecule has 0 bridgehead atoms. The number of hydrogen-bond acceptors (Lipinski definition) is 1. The predicted molar refractivity (Wildman–Crippen MR) is 60.7 cm³/mol. The van der Waals surface area contributed by atoms with Crippen LogP contribution in [0.3, 0.4) is 0 Å². The lowest BCUT2D eigenvalue weighted by Crippen LogP contribution is -2.25. The van der Waals surface area contributed by atoms with Crippen molar-refractivity contribution in [2.24, 2.45) is 0 Å². The molecule has 0 aliphatic carbocycles. The highest BCUT2D eigenvalue weighted by Crippen LogP contribution is 2.19. The fourth-order valence-corrected chi connectivity index (χ4v) is 1.60.